The number of nitrogens with zero attached hydrogens (tertiary/aromatic N) is 1. The SMILES string of the molecule is [2H]c1c2c(c([2H])c(OC([2H])([2H])[2H])c1OC)C1CC([2H])(OC(=O)[C@@]([2H])(N)C([2H])(C([2H])([2H])[2H])C([2H])([2H])[2H])C(CC(C)C)CN1CC2. The standard InChI is InChI=1S/C24H38N2O4/c1-14(2)9-17-13-26-8-7-16-10-21(28-5)22(29-6)11-18(16)19(26)12-20(17)30-24(27)23(25)15(3)4/h10-11,14-15,17,19-20,23H,7-9,12-13,25H2,1-6H3/t17?,19?,20?,23-/m0/s1/i3D3,4D3,6D3,10D,11D,15D,20D,23D. The van der Waals surface area contributed by atoms with E-state index in [9.17, 15) is 6.17 Å². The lowest BCUT2D eigenvalue weighted by molar-refractivity contribution is -0.160. The molecule has 2 heterocycles. The van der Waals surface area contributed by atoms with E-state index in [1.807, 2.05) is 18.7 Å². The van der Waals surface area contributed by atoms with Gasteiger partial charge in [-0.25, -0.2) is 0 Å². The van der Waals surface area contributed by atoms with Gasteiger partial charge in [-0.1, -0.05) is 27.6 Å². The molecule has 0 radical (unpaired) electrons. The molecule has 0 amide bonds. The molecule has 30 heavy (non-hydrogen) atoms. The van der Waals surface area contributed by atoms with Crippen molar-refractivity contribution in [2.45, 2.75) is 65.0 Å². The number of rotatable bonds is 7. The number of carbonyl (C=O) groups is 1. The average Bonchev–Trinajstić information content (AvgIpc) is 2.84. The van der Waals surface area contributed by atoms with Crippen LogP contribution < -0.4 is 15.2 Å². The highest BCUT2D eigenvalue weighted by molar-refractivity contribution is 5.76. The van der Waals surface area contributed by atoms with Gasteiger partial charge in [0.15, 0.2) is 11.5 Å². The topological polar surface area (TPSA) is 74.0 Å². The molecular weight excluding hydrogens is 380 g/mol. The Hall–Kier alpha value is -1.79. The Morgan fingerprint density at radius 1 is 1.40 bits per heavy atom. The minimum absolute atomic E-state index is 0.0363. The van der Waals surface area contributed by atoms with Crippen LogP contribution in [0.4, 0.5) is 0 Å². The van der Waals surface area contributed by atoms with Crippen LogP contribution in [0.15, 0.2) is 12.1 Å². The van der Waals surface area contributed by atoms with E-state index in [1.165, 1.54) is 7.11 Å². The highest BCUT2D eigenvalue weighted by Gasteiger charge is 2.41. The number of methoxy groups -OCH3 is 2. The second-order valence-corrected chi connectivity index (χ2v) is 8.04. The quantitative estimate of drug-likeness (QED) is 0.664. The predicted octanol–water partition coefficient (Wildman–Crippen LogP) is 3.56. The van der Waals surface area contributed by atoms with Crippen molar-refractivity contribution in [3.8, 4) is 11.5 Å². The normalized spacial score (nSPS) is 36.8. The number of esters is 1. The lowest BCUT2D eigenvalue weighted by atomic mass is 9.79. The third-order valence-electron chi connectivity index (χ3n) is 5.55. The highest BCUT2D eigenvalue weighted by Crippen LogP contribution is 2.44. The first-order valence-electron chi connectivity index (χ1n) is 16.9. The number of fused-ring (bicyclic) bond motifs is 3. The number of nitrogens with two attached hydrogens (primary N) is 1. The van der Waals surface area contributed by atoms with E-state index in [2.05, 4.69) is 0 Å². The first kappa shape index (κ1) is 10.7. The molecule has 1 aromatic rings. The molecular formula is C24H38N2O4. The largest absolute Gasteiger partial charge is 0.493 e. The van der Waals surface area contributed by atoms with E-state index in [0.717, 1.165) is 0 Å². The summed E-state index contributed by atoms with van der Waals surface area (Å²) < 4.78 is 128. The van der Waals surface area contributed by atoms with E-state index >= 15 is 0 Å². The molecule has 6 nitrogen and oxygen atoms in total. The number of hydrogen-bond donors (Lipinski definition) is 1. The van der Waals surface area contributed by atoms with E-state index in [4.69, 9.17) is 37.8 Å². The van der Waals surface area contributed by atoms with Crippen LogP contribution >= 0.6 is 0 Å². The molecule has 1 saturated heterocycles. The summed E-state index contributed by atoms with van der Waals surface area (Å²) in [4.78, 5) is 15.4. The fourth-order valence-electron chi connectivity index (χ4n) is 4.17. The number of benzene rings is 1. The van der Waals surface area contributed by atoms with Crippen molar-refractivity contribution < 1.29 is 38.2 Å². The van der Waals surface area contributed by atoms with Gasteiger partial charge in [-0.15, -0.1) is 0 Å². The van der Waals surface area contributed by atoms with Crippen molar-refractivity contribution in [1.29, 1.82) is 0 Å². The van der Waals surface area contributed by atoms with E-state index in [-0.39, 0.29) is 36.2 Å². The van der Waals surface area contributed by atoms with Gasteiger partial charge < -0.3 is 19.9 Å². The Morgan fingerprint density at radius 2 is 2.17 bits per heavy atom. The van der Waals surface area contributed by atoms with Crippen molar-refractivity contribution >= 4 is 5.97 Å². The molecule has 0 bridgehead atoms. The van der Waals surface area contributed by atoms with Crippen LogP contribution in [0.5, 0.6) is 11.5 Å². The Morgan fingerprint density at radius 3 is 2.83 bits per heavy atom. The van der Waals surface area contributed by atoms with Crippen LogP contribution in [0.2, 0.25) is 0 Å². The Kier molecular flexibility index (Phi) is 3.41. The van der Waals surface area contributed by atoms with E-state index in [0.29, 0.717) is 18.5 Å². The second kappa shape index (κ2) is 9.56. The molecule has 0 spiro atoms. The summed E-state index contributed by atoms with van der Waals surface area (Å²) in [7, 11) is -1.79. The summed E-state index contributed by atoms with van der Waals surface area (Å²) in [5.41, 5.74) is 6.24. The smallest absolute Gasteiger partial charge is 0.323 e. The fraction of sp³-hybridized carbons (Fsp3) is 0.708. The zero-order valence-electron chi connectivity index (χ0n) is 31.4. The first-order valence-corrected chi connectivity index (χ1v) is 9.88. The van der Waals surface area contributed by atoms with Crippen molar-refractivity contribution in [3.05, 3.63) is 23.2 Å². The average molecular weight is 433 g/mol. The van der Waals surface area contributed by atoms with E-state index in [1.54, 1.807) is 0 Å². The summed E-state index contributed by atoms with van der Waals surface area (Å²) in [6.45, 7) is -3.28. The van der Waals surface area contributed by atoms with Crippen LogP contribution in [-0.4, -0.2) is 50.2 Å². The van der Waals surface area contributed by atoms with Crippen LogP contribution in [0, 0.1) is 17.7 Å². The Bertz CT molecular complexity index is 1250. The molecule has 3 unspecified atom stereocenters. The van der Waals surface area contributed by atoms with Crippen molar-refractivity contribution in [2.24, 2.45) is 23.5 Å². The molecule has 4 atom stereocenters. The van der Waals surface area contributed by atoms with Gasteiger partial charge in [-0.2, -0.15) is 0 Å². The van der Waals surface area contributed by atoms with Crippen molar-refractivity contribution in [1.82, 2.24) is 4.90 Å². The maximum absolute atomic E-state index is 13.5. The molecule has 6 heteroatoms. The van der Waals surface area contributed by atoms with Crippen LogP contribution in [0.25, 0.3) is 0 Å². The number of ether oxygens (including phenoxy) is 3. The highest BCUT2D eigenvalue weighted by atomic mass is 16.5. The monoisotopic (exact) mass is 432 g/mol. The fourth-order valence-corrected chi connectivity index (χ4v) is 4.17. The minimum atomic E-state index is -3.82. The third-order valence-corrected chi connectivity index (χ3v) is 5.55. The lowest BCUT2D eigenvalue weighted by Gasteiger charge is -2.47. The summed E-state index contributed by atoms with van der Waals surface area (Å²) in [5.74, 6) is -7.26. The van der Waals surface area contributed by atoms with Gasteiger partial charge in [0.05, 0.1) is 23.7 Å². The zero-order chi connectivity index (χ0) is 34.0. The minimum Gasteiger partial charge on any atom is -0.493 e. The molecule has 1 fully saturated rings. The third kappa shape index (κ3) is 4.75. The Labute approximate surface area is 200 Å². The van der Waals surface area contributed by atoms with Gasteiger partial charge in [-0.05, 0) is 47.9 Å². The summed E-state index contributed by atoms with van der Waals surface area (Å²) in [6, 6.07) is -5.18. The van der Waals surface area contributed by atoms with E-state index < -0.39 is 74.9 Å². The molecule has 2 N–H and O–H groups in total. The zero-order valence-corrected chi connectivity index (χ0v) is 17.4. The Balaban J connectivity index is 2.16. The molecule has 0 aromatic heterocycles. The molecule has 2 aliphatic heterocycles. The van der Waals surface area contributed by atoms with Gasteiger partial charge in [0.1, 0.15) is 12.1 Å². The molecule has 3 rings (SSSR count). The number of carbonyl (C=O) groups excluding carboxylic acids is 1. The second-order valence-electron chi connectivity index (χ2n) is 8.04. The first-order chi connectivity index (χ1) is 19.7. The van der Waals surface area contributed by atoms with Crippen LogP contribution in [-0.2, 0) is 16.0 Å². The van der Waals surface area contributed by atoms with Crippen LogP contribution in [0.1, 0.15) is 76.8 Å². The molecule has 1 aromatic carbocycles. The molecule has 0 saturated carbocycles. The van der Waals surface area contributed by atoms with Gasteiger partial charge in [0.25, 0.3) is 0 Å². The van der Waals surface area contributed by atoms with Gasteiger partial charge in [-0.3, -0.25) is 9.69 Å². The maximum Gasteiger partial charge on any atom is 0.323 e. The van der Waals surface area contributed by atoms with Gasteiger partial charge in [0.2, 0.25) is 0 Å². The molecule has 168 valence electrons. The summed E-state index contributed by atoms with van der Waals surface area (Å²) in [5, 5.41) is 0. The van der Waals surface area contributed by atoms with Crippen molar-refractivity contribution in [3.63, 3.8) is 0 Å². The molecule has 2 aliphatic rings. The van der Waals surface area contributed by atoms with Crippen LogP contribution in [0.3, 0.4) is 0 Å². The summed E-state index contributed by atoms with van der Waals surface area (Å²) in [6.07, 6.45) is -2.07. The predicted molar refractivity (Wildman–Crippen MR) is 118 cm³/mol. The number of hydrogen-bond acceptors (Lipinski definition) is 6. The van der Waals surface area contributed by atoms with Gasteiger partial charge in [0, 0.05) is 41.1 Å². The molecule has 0 aliphatic carbocycles. The number of piperidine rings is 1. The summed E-state index contributed by atoms with van der Waals surface area (Å²) >= 11 is 0. The van der Waals surface area contributed by atoms with Crippen molar-refractivity contribution in [2.75, 3.05) is 27.2 Å². The lowest BCUT2D eigenvalue weighted by Crippen LogP contribution is -2.51. The maximum atomic E-state index is 13.5. The van der Waals surface area contributed by atoms with Gasteiger partial charge >= 0.3 is 5.97 Å².